The van der Waals surface area contributed by atoms with Crippen molar-refractivity contribution in [1.82, 2.24) is 0 Å². The molecule has 0 spiro atoms. The Morgan fingerprint density at radius 2 is 2.05 bits per heavy atom. The Morgan fingerprint density at radius 1 is 1.29 bits per heavy atom. The number of hydrogen-bond acceptors (Lipinski definition) is 5. The number of carbonyl (C=O) groups is 3. The van der Waals surface area contributed by atoms with Crippen LogP contribution in [0, 0.1) is 11.8 Å². The van der Waals surface area contributed by atoms with E-state index >= 15 is 0 Å². The van der Waals surface area contributed by atoms with E-state index in [4.69, 9.17) is 4.74 Å². The minimum Gasteiger partial charge on any atom is -0.507 e. The average Bonchev–Trinajstić information content (AvgIpc) is 2.43. The second-order valence-electron chi connectivity index (χ2n) is 5.30. The fourth-order valence-corrected chi connectivity index (χ4v) is 3.13. The van der Waals surface area contributed by atoms with E-state index in [1.54, 1.807) is 24.3 Å². The summed E-state index contributed by atoms with van der Waals surface area (Å²) in [5.41, 5.74) is 0.286. The number of ketones is 2. The van der Waals surface area contributed by atoms with Crippen LogP contribution < -0.4 is 0 Å². The van der Waals surface area contributed by atoms with Crippen molar-refractivity contribution in [2.45, 2.75) is 19.4 Å². The third-order valence-electron chi connectivity index (χ3n) is 4.00. The molecule has 5 nitrogen and oxygen atoms in total. The van der Waals surface area contributed by atoms with Gasteiger partial charge in [-0.15, -0.1) is 0 Å². The number of phenolic OH excluding ortho intramolecular Hbond substituents is 1. The van der Waals surface area contributed by atoms with Crippen LogP contribution in [0.1, 0.15) is 34.1 Å². The quantitative estimate of drug-likeness (QED) is 0.630. The van der Waals surface area contributed by atoms with Crippen molar-refractivity contribution in [3.8, 4) is 5.75 Å². The van der Waals surface area contributed by atoms with Crippen molar-refractivity contribution in [2.24, 2.45) is 11.8 Å². The van der Waals surface area contributed by atoms with E-state index in [-0.39, 0.29) is 28.4 Å². The minimum absolute atomic E-state index is 0.0382. The molecule has 0 aromatic heterocycles. The first-order chi connectivity index (χ1) is 10.0. The van der Waals surface area contributed by atoms with Crippen LogP contribution in [0.3, 0.4) is 0 Å². The van der Waals surface area contributed by atoms with Crippen LogP contribution in [0.25, 0.3) is 0 Å². The molecule has 1 N–H and O–H groups in total. The van der Waals surface area contributed by atoms with Gasteiger partial charge in [-0.1, -0.05) is 18.2 Å². The first kappa shape index (κ1) is 13.5. The van der Waals surface area contributed by atoms with Gasteiger partial charge in [0.15, 0.2) is 11.6 Å². The lowest BCUT2D eigenvalue weighted by Crippen LogP contribution is -2.45. The fraction of sp³-hybridized carbons (Fsp3) is 0.312. The van der Waals surface area contributed by atoms with Crippen molar-refractivity contribution < 1.29 is 24.2 Å². The summed E-state index contributed by atoms with van der Waals surface area (Å²) in [6.45, 7) is 1.26. The Bertz CT molecular complexity index is 673. The van der Waals surface area contributed by atoms with E-state index in [2.05, 4.69) is 0 Å². The van der Waals surface area contributed by atoms with Crippen LogP contribution in [-0.2, 0) is 9.53 Å². The zero-order valence-corrected chi connectivity index (χ0v) is 11.4. The smallest absolute Gasteiger partial charge is 0.303 e. The zero-order chi connectivity index (χ0) is 15.1. The van der Waals surface area contributed by atoms with Crippen molar-refractivity contribution >= 4 is 17.5 Å². The molecule has 0 unspecified atom stereocenters. The number of benzene rings is 1. The molecule has 0 heterocycles. The first-order valence-electron chi connectivity index (χ1n) is 6.75. The van der Waals surface area contributed by atoms with Crippen molar-refractivity contribution in [3.05, 3.63) is 41.5 Å². The van der Waals surface area contributed by atoms with Gasteiger partial charge in [-0.25, -0.2) is 0 Å². The van der Waals surface area contributed by atoms with Crippen molar-refractivity contribution in [1.29, 1.82) is 0 Å². The molecule has 2 aliphatic carbocycles. The Balaban J connectivity index is 2.10. The molecule has 108 valence electrons. The van der Waals surface area contributed by atoms with E-state index < -0.39 is 23.9 Å². The lowest BCUT2D eigenvalue weighted by molar-refractivity contribution is -0.146. The van der Waals surface area contributed by atoms with E-state index in [9.17, 15) is 19.5 Å². The van der Waals surface area contributed by atoms with Gasteiger partial charge < -0.3 is 9.84 Å². The summed E-state index contributed by atoms with van der Waals surface area (Å²) in [5, 5.41) is 9.90. The highest BCUT2D eigenvalue weighted by Gasteiger charge is 2.47. The molecule has 0 bridgehead atoms. The average molecular weight is 286 g/mol. The minimum atomic E-state index is -0.759. The fourth-order valence-electron chi connectivity index (χ4n) is 3.13. The molecular formula is C16H14O5. The second kappa shape index (κ2) is 4.84. The van der Waals surface area contributed by atoms with Crippen LogP contribution in [-0.4, -0.2) is 28.7 Å². The van der Waals surface area contributed by atoms with E-state index in [1.165, 1.54) is 13.0 Å². The number of phenols is 1. The van der Waals surface area contributed by atoms with E-state index in [0.717, 1.165) is 0 Å². The number of carbonyl (C=O) groups excluding carboxylic acids is 3. The van der Waals surface area contributed by atoms with Gasteiger partial charge in [0.05, 0.1) is 11.5 Å². The maximum Gasteiger partial charge on any atom is 0.303 e. The third kappa shape index (κ3) is 2.05. The molecule has 1 aromatic carbocycles. The molecule has 0 fully saturated rings. The SMILES string of the molecule is CC(=O)O[C@@H]1C=CC[C@H]2C(=O)c3cccc(O)c3C(=O)[C@H]12. The molecule has 5 heteroatoms. The predicted molar refractivity (Wildman–Crippen MR) is 73.1 cm³/mol. The number of aromatic hydroxyl groups is 1. The molecule has 0 radical (unpaired) electrons. The molecule has 3 atom stereocenters. The highest BCUT2D eigenvalue weighted by Crippen LogP contribution is 2.41. The number of hydrogen-bond donors (Lipinski definition) is 1. The molecule has 21 heavy (non-hydrogen) atoms. The largest absolute Gasteiger partial charge is 0.507 e. The number of ether oxygens (including phenoxy) is 1. The zero-order valence-electron chi connectivity index (χ0n) is 11.4. The molecule has 0 aliphatic heterocycles. The van der Waals surface area contributed by atoms with Crippen LogP contribution >= 0.6 is 0 Å². The standard InChI is InChI=1S/C16H14O5/c1-8(17)21-12-7-3-5-10-14(12)16(20)13-9(15(10)19)4-2-6-11(13)18/h2-4,6-7,10,12,14,18H,5H2,1H3/t10-,12-,14+/m1/s1. The van der Waals surface area contributed by atoms with Gasteiger partial charge in [0, 0.05) is 18.4 Å². The first-order valence-corrected chi connectivity index (χ1v) is 6.75. The molecule has 0 saturated carbocycles. The maximum absolute atomic E-state index is 12.7. The highest BCUT2D eigenvalue weighted by atomic mass is 16.5. The summed E-state index contributed by atoms with van der Waals surface area (Å²) in [4.78, 5) is 36.4. The van der Waals surface area contributed by atoms with Gasteiger partial charge in [0.2, 0.25) is 0 Å². The molecule has 1 aromatic rings. The summed E-state index contributed by atoms with van der Waals surface area (Å²) in [7, 11) is 0. The molecule has 3 rings (SSSR count). The normalized spacial score (nSPS) is 27.0. The van der Waals surface area contributed by atoms with Gasteiger partial charge in [-0.05, 0) is 18.6 Å². The summed E-state index contributed by atoms with van der Waals surface area (Å²) >= 11 is 0. The molecular weight excluding hydrogens is 272 g/mol. The number of allylic oxidation sites excluding steroid dienone is 1. The predicted octanol–water partition coefficient (Wildman–Crippen LogP) is 1.90. The Labute approximate surface area is 121 Å². The number of fused-ring (bicyclic) bond motifs is 2. The molecule has 0 amide bonds. The van der Waals surface area contributed by atoms with E-state index in [1.807, 2.05) is 0 Å². The van der Waals surface area contributed by atoms with Gasteiger partial charge in [-0.2, -0.15) is 0 Å². The van der Waals surface area contributed by atoms with Gasteiger partial charge >= 0.3 is 5.97 Å². The van der Waals surface area contributed by atoms with Gasteiger partial charge in [-0.3, -0.25) is 14.4 Å². The Hall–Kier alpha value is -2.43. The van der Waals surface area contributed by atoms with E-state index in [0.29, 0.717) is 6.42 Å². The molecule has 0 saturated heterocycles. The lowest BCUT2D eigenvalue weighted by Gasteiger charge is -2.36. The number of rotatable bonds is 1. The van der Waals surface area contributed by atoms with Crippen LogP contribution in [0.15, 0.2) is 30.4 Å². The lowest BCUT2D eigenvalue weighted by atomic mass is 9.68. The summed E-state index contributed by atoms with van der Waals surface area (Å²) < 4.78 is 5.15. The topological polar surface area (TPSA) is 80.7 Å². The van der Waals surface area contributed by atoms with Crippen LogP contribution in [0.4, 0.5) is 0 Å². The van der Waals surface area contributed by atoms with Crippen LogP contribution in [0.2, 0.25) is 0 Å². The summed E-state index contributed by atoms with van der Waals surface area (Å²) in [5.74, 6) is -2.54. The van der Waals surface area contributed by atoms with Gasteiger partial charge in [0.1, 0.15) is 11.9 Å². The van der Waals surface area contributed by atoms with Crippen LogP contribution in [0.5, 0.6) is 5.75 Å². The summed E-state index contributed by atoms with van der Waals surface area (Å²) in [6.07, 6.45) is 3.07. The molecule has 2 aliphatic rings. The monoisotopic (exact) mass is 286 g/mol. The summed E-state index contributed by atoms with van der Waals surface area (Å²) in [6, 6.07) is 4.47. The highest BCUT2D eigenvalue weighted by molar-refractivity contribution is 6.17. The Kier molecular flexibility index (Phi) is 3.12. The third-order valence-corrected chi connectivity index (χ3v) is 4.00. The maximum atomic E-state index is 12.7. The Morgan fingerprint density at radius 3 is 2.76 bits per heavy atom. The van der Waals surface area contributed by atoms with Gasteiger partial charge in [0.25, 0.3) is 0 Å². The van der Waals surface area contributed by atoms with Crippen molar-refractivity contribution in [2.75, 3.05) is 0 Å². The number of Topliss-reactive ketones (excluding diaryl/α,β-unsaturated/α-hetero) is 2. The number of esters is 1. The van der Waals surface area contributed by atoms with Crippen molar-refractivity contribution in [3.63, 3.8) is 0 Å². The second-order valence-corrected chi connectivity index (χ2v) is 5.30.